The van der Waals surface area contributed by atoms with Crippen LogP contribution in [0.4, 0.5) is 5.82 Å². The minimum absolute atomic E-state index is 0.00618. The number of benzene rings is 2. The Balaban J connectivity index is 1.07. The average molecular weight is 470 g/mol. The highest BCUT2D eigenvalue weighted by molar-refractivity contribution is 5.92. The van der Waals surface area contributed by atoms with Crippen LogP contribution in [-0.4, -0.2) is 71.7 Å². The lowest BCUT2D eigenvalue weighted by molar-refractivity contribution is 0.0631. The first kappa shape index (κ1) is 23.5. The van der Waals surface area contributed by atoms with E-state index in [1.54, 1.807) is 0 Å². The molecule has 182 valence electrons. The molecule has 0 aliphatic carbocycles. The average Bonchev–Trinajstić information content (AvgIpc) is 2.93. The Kier molecular flexibility index (Phi) is 7.69. The predicted molar refractivity (Wildman–Crippen MR) is 140 cm³/mol. The lowest BCUT2D eigenvalue weighted by Gasteiger charge is -2.34. The maximum atomic E-state index is 13.0. The Morgan fingerprint density at radius 1 is 0.743 bits per heavy atom. The van der Waals surface area contributed by atoms with Gasteiger partial charge in [-0.2, -0.15) is 0 Å². The van der Waals surface area contributed by atoms with Gasteiger partial charge in [-0.3, -0.25) is 9.69 Å². The smallest absolute Gasteiger partial charge is 0.274 e. The highest BCUT2D eigenvalue weighted by Gasteiger charge is 2.24. The molecule has 0 radical (unpaired) electrons. The summed E-state index contributed by atoms with van der Waals surface area (Å²) < 4.78 is 0. The molecule has 0 spiro atoms. The number of piperidine rings is 1. The zero-order chi connectivity index (χ0) is 23.9. The number of nitrogens with zero attached hydrogens (tertiary/aromatic N) is 5. The second-order valence-electron chi connectivity index (χ2n) is 9.77. The van der Waals surface area contributed by atoms with Gasteiger partial charge >= 0.3 is 0 Å². The Labute approximate surface area is 208 Å². The van der Waals surface area contributed by atoms with Crippen molar-refractivity contribution in [2.75, 3.05) is 50.7 Å². The van der Waals surface area contributed by atoms with E-state index in [1.807, 2.05) is 17.0 Å². The van der Waals surface area contributed by atoms with Gasteiger partial charge in [0.25, 0.3) is 5.91 Å². The van der Waals surface area contributed by atoms with Gasteiger partial charge < -0.3 is 9.80 Å². The fourth-order valence-corrected chi connectivity index (χ4v) is 5.19. The van der Waals surface area contributed by atoms with Gasteiger partial charge in [0.2, 0.25) is 0 Å². The molecule has 1 amide bonds. The molecule has 0 unspecified atom stereocenters. The van der Waals surface area contributed by atoms with E-state index in [4.69, 9.17) is 0 Å². The monoisotopic (exact) mass is 469 g/mol. The summed E-state index contributed by atoms with van der Waals surface area (Å²) in [6.07, 6.45) is 4.51. The third-order valence-electron chi connectivity index (χ3n) is 7.39. The molecule has 3 aromatic rings. The predicted octanol–water partition coefficient (Wildman–Crippen LogP) is 3.94. The number of amides is 1. The number of carbonyl (C=O) groups is 1. The topological polar surface area (TPSA) is 52.6 Å². The van der Waals surface area contributed by atoms with Crippen molar-refractivity contribution in [3.8, 4) is 0 Å². The molecule has 6 nitrogen and oxygen atoms in total. The second-order valence-corrected chi connectivity index (χ2v) is 9.77. The molecular weight excluding hydrogens is 434 g/mol. The standard InChI is InChI=1S/C29H35N5O/c35-29(34-21-19-32(20-22-34)16-13-24-7-3-1-4-8-24)27-11-12-28(31-30-27)33-17-14-26(15-18-33)23-25-9-5-2-6-10-25/h1-12,26H,13-23H2. The van der Waals surface area contributed by atoms with E-state index >= 15 is 0 Å². The number of hydrogen-bond donors (Lipinski definition) is 0. The van der Waals surface area contributed by atoms with E-state index in [-0.39, 0.29) is 5.91 Å². The quantitative estimate of drug-likeness (QED) is 0.525. The summed E-state index contributed by atoms with van der Waals surface area (Å²) in [6, 6.07) is 25.2. The van der Waals surface area contributed by atoms with Crippen molar-refractivity contribution in [2.24, 2.45) is 5.92 Å². The van der Waals surface area contributed by atoms with Gasteiger partial charge in [0.15, 0.2) is 11.5 Å². The minimum Gasteiger partial charge on any atom is -0.355 e. The number of aromatic nitrogens is 2. The van der Waals surface area contributed by atoms with Gasteiger partial charge in [0, 0.05) is 45.8 Å². The number of carbonyl (C=O) groups excluding carboxylic acids is 1. The van der Waals surface area contributed by atoms with Crippen LogP contribution >= 0.6 is 0 Å². The molecule has 1 aromatic heterocycles. The molecule has 2 aromatic carbocycles. The van der Waals surface area contributed by atoms with Crippen LogP contribution < -0.4 is 4.90 Å². The Hall–Kier alpha value is -3.25. The maximum absolute atomic E-state index is 13.0. The van der Waals surface area contributed by atoms with E-state index in [9.17, 15) is 4.79 Å². The fourth-order valence-electron chi connectivity index (χ4n) is 5.19. The Morgan fingerprint density at radius 2 is 1.40 bits per heavy atom. The van der Waals surface area contributed by atoms with Crippen LogP contribution in [0.5, 0.6) is 0 Å². The van der Waals surface area contributed by atoms with E-state index in [1.165, 1.54) is 11.1 Å². The van der Waals surface area contributed by atoms with Crippen molar-refractivity contribution in [2.45, 2.75) is 25.7 Å². The number of piperazine rings is 1. The zero-order valence-electron chi connectivity index (χ0n) is 20.4. The summed E-state index contributed by atoms with van der Waals surface area (Å²) in [5.41, 5.74) is 3.23. The van der Waals surface area contributed by atoms with Crippen LogP contribution in [0, 0.1) is 5.92 Å². The van der Waals surface area contributed by atoms with Crippen LogP contribution in [0.1, 0.15) is 34.5 Å². The normalized spacial score (nSPS) is 17.5. The highest BCUT2D eigenvalue weighted by atomic mass is 16.2. The first-order valence-electron chi connectivity index (χ1n) is 12.9. The molecule has 2 aliphatic rings. The lowest BCUT2D eigenvalue weighted by atomic mass is 9.90. The molecular formula is C29H35N5O. The second kappa shape index (κ2) is 11.5. The summed E-state index contributed by atoms with van der Waals surface area (Å²) in [7, 11) is 0. The molecule has 6 heteroatoms. The SMILES string of the molecule is O=C(c1ccc(N2CCC(Cc3ccccc3)CC2)nn1)N1CCN(CCc2ccccc2)CC1. The third kappa shape index (κ3) is 6.25. The molecule has 2 saturated heterocycles. The summed E-state index contributed by atoms with van der Waals surface area (Å²) in [4.78, 5) is 19.6. The Morgan fingerprint density at radius 3 is 2.03 bits per heavy atom. The van der Waals surface area contributed by atoms with Crippen molar-refractivity contribution in [3.05, 3.63) is 89.6 Å². The van der Waals surface area contributed by atoms with E-state index < -0.39 is 0 Å². The molecule has 2 fully saturated rings. The molecule has 3 heterocycles. The van der Waals surface area contributed by atoms with Gasteiger partial charge in [-0.1, -0.05) is 60.7 Å². The summed E-state index contributed by atoms with van der Waals surface area (Å²) in [6.45, 7) is 6.30. The number of anilines is 1. The van der Waals surface area contributed by atoms with Gasteiger partial charge in [0.1, 0.15) is 0 Å². The van der Waals surface area contributed by atoms with Crippen molar-refractivity contribution in [1.29, 1.82) is 0 Å². The van der Waals surface area contributed by atoms with Crippen LogP contribution in [0.15, 0.2) is 72.8 Å². The summed E-state index contributed by atoms with van der Waals surface area (Å²) in [5, 5.41) is 8.74. The molecule has 0 N–H and O–H groups in total. The third-order valence-corrected chi connectivity index (χ3v) is 7.39. The number of rotatable bonds is 7. The highest BCUT2D eigenvalue weighted by Crippen LogP contribution is 2.24. The minimum atomic E-state index is -0.00618. The first-order valence-corrected chi connectivity index (χ1v) is 12.9. The molecule has 0 saturated carbocycles. The van der Waals surface area contributed by atoms with Gasteiger partial charge in [-0.05, 0) is 54.9 Å². The molecule has 0 bridgehead atoms. The van der Waals surface area contributed by atoms with Crippen LogP contribution in [-0.2, 0) is 12.8 Å². The van der Waals surface area contributed by atoms with Crippen molar-refractivity contribution in [1.82, 2.24) is 20.0 Å². The Bertz CT molecular complexity index is 1060. The summed E-state index contributed by atoms with van der Waals surface area (Å²) >= 11 is 0. The van der Waals surface area contributed by atoms with Gasteiger partial charge in [0.05, 0.1) is 0 Å². The van der Waals surface area contributed by atoms with Gasteiger partial charge in [-0.15, -0.1) is 10.2 Å². The summed E-state index contributed by atoms with van der Waals surface area (Å²) in [5.74, 6) is 1.59. The molecule has 5 rings (SSSR count). The largest absolute Gasteiger partial charge is 0.355 e. The number of hydrogen-bond acceptors (Lipinski definition) is 5. The van der Waals surface area contributed by atoms with Gasteiger partial charge in [-0.25, -0.2) is 0 Å². The molecule has 35 heavy (non-hydrogen) atoms. The van der Waals surface area contributed by atoms with E-state index in [0.29, 0.717) is 11.6 Å². The fraction of sp³-hybridized carbons (Fsp3) is 0.414. The molecule has 2 aliphatic heterocycles. The van der Waals surface area contributed by atoms with Crippen LogP contribution in [0.25, 0.3) is 0 Å². The van der Waals surface area contributed by atoms with Crippen molar-refractivity contribution >= 4 is 11.7 Å². The van der Waals surface area contributed by atoms with Crippen LogP contribution in [0.2, 0.25) is 0 Å². The van der Waals surface area contributed by atoms with Crippen molar-refractivity contribution in [3.63, 3.8) is 0 Å². The maximum Gasteiger partial charge on any atom is 0.274 e. The lowest BCUT2D eigenvalue weighted by Crippen LogP contribution is -2.49. The van der Waals surface area contributed by atoms with Crippen LogP contribution in [0.3, 0.4) is 0 Å². The van der Waals surface area contributed by atoms with Crippen molar-refractivity contribution < 1.29 is 4.79 Å². The van der Waals surface area contributed by atoms with E-state index in [0.717, 1.165) is 77.3 Å². The zero-order valence-corrected chi connectivity index (χ0v) is 20.4. The van der Waals surface area contributed by atoms with E-state index in [2.05, 4.69) is 80.7 Å². The first-order chi connectivity index (χ1) is 17.2. The molecule has 0 atom stereocenters.